The Balaban J connectivity index is 1.26. The number of rotatable bonds is 5. The Kier molecular flexibility index (Phi) is 7.05. The van der Waals surface area contributed by atoms with E-state index >= 15 is 0 Å². The maximum atomic E-state index is 13.0. The fourth-order valence-electron chi connectivity index (χ4n) is 3.97. The first-order valence-corrected chi connectivity index (χ1v) is 11.8. The highest BCUT2D eigenvalue weighted by atomic mass is 32.1. The van der Waals surface area contributed by atoms with Gasteiger partial charge in [-0.25, -0.2) is 4.98 Å². The van der Waals surface area contributed by atoms with Gasteiger partial charge in [-0.1, -0.05) is 6.07 Å². The first kappa shape index (κ1) is 24.0. The summed E-state index contributed by atoms with van der Waals surface area (Å²) in [6.07, 6.45) is -3.51. The van der Waals surface area contributed by atoms with E-state index in [0.717, 1.165) is 12.1 Å². The number of benzene rings is 1. The average molecular weight is 496 g/mol. The van der Waals surface area contributed by atoms with Crippen molar-refractivity contribution >= 4 is 39.9 Å². The lowest BCUT2D eigenvalue weighted by Crippen LogP contribution is -2.49. The molecule has 0 radical (unpaired) electrons. The van der Waals surface area contributed by atoms with Crippen molar-refractivity contribution in [2.45, 2.75) is 25.4 Å². The van der Waals surface area contributed by atoms with E-state index in [2.05, 4.69) is 15.6 Å². The molecule has 2 aliphatic rings. The monoisotopic (exact) mass is 495 g/mol. The molecule has 2 fully saturated rings. The van der Waals surface area contributed by atoms with Gasteiger partial charge in [0.2, 0.25) is 17.7 Å². The van der Waals surface area contributed by atoms with Crippen LogP contribution in [0, 0.1) is 5.92 Å². The second-order valence-corrected chi connectivity index (χ2v) is 9.12. The molecule has 1 aromatic carbocycles. The van der Waals surface area contributed by atoms with Crippen LogP contribution in [0.2, 0.25) is 0 Å². The number of hydrogen-bond acceptors (Lipinski definition) is 6. The smallest absolute Gasteiger partial charge is 0.368 e. The number of thiazole rings is 1. The van der Waals surface area contributed by atoms with Gasteiger partial charge in [0.05, 0.1) is 23.6 Å². The average Bonchev–Trinajstić information content (AvgIpc) is 3.25. The fraction of sp³-hybridized carbons (Fsp3) is 0.455. The molecule has 0 aliphatic carbocycles. The van der Waals surface area contributed by atoms with Crippen molar-refractivity contribution in [3.05, 3.63) is 40.9 Å². The first-order chi connectivity index (χ1) is 16.2. The Morgan fingerprint density at radius 1 is 1.21 bits per heavy atom. The van der Waals surface area contributed by atoms with Crippen LogP contribution in [0.15, 0.2) is 29.6 Å². The molecule has 0 bridgehead atoms. The predicted octanol–water partition coefficient (Wildman–Crippen LogP) is 2.52. The van der Waals surface area contributed by atoms with E-state index < -0.39 is 11.7 Å². The SMILES string of the molecule is O=C1CCC(C(=O)Nc2nc(CC(=O)N3CCN(c4cccc(C(F)(F)F)c4)CC3)cs2)CN1. The lowest BCUT2D eigenvalue weighted by molar-refractivity contribution is -0.137. The summed E-state index contributed by atoms with van der Waals surface area (Å²) < 4.78 is 38.9. The summed E-state index contributed by atoms with van der Waals surface area (Å²) in [6, 6.07) is 5.20. The number of carbonyl (C=O) groups excluding carboxylic acids is 3. The molecule has 34 heavy (non-hydrogen) atoms. The van der Waals surface area contributed by atoms with Gasteiger partial charge in [-0.15, -0.1) is 11.3 Å². The second-order valence-electron chi connectivity index (χ2n) is 8.27. The quantitative estimate of drug-likeness (QED) is 0.665. The standard InChI is InChI=1S/C22H24F3N5O3S/c23-22(24,25)15-2-1-3-17(10-15)29-6-8-30(9-7-29)19(32)11-16-13-34-21(27-16)28-20(33)14-4-5-18(31)26-12-14/h1-3,10,13-14H,4-9,11-12H2,(H,26,31)(H,27,28,33). The number of piperazine rings is 1. The van der Waals surface area contributed by atoms with Gasteiger partial charge in [-0.3, -0.25) is 14.4 Å². The molecule has 182 valence electrons. The highest BCUT2D eigenvalue weighted by Crippen LogP contribution is 2.32. The van der Waals surface area contributed by atoms with Crippen LogP contribution in [0.4, 0.5) is 24.0 Å². The molecule has 2 aliphatic heterocycles. The summed E-state index contributed by atoms with van der Waals surface area (Å²) in [5.41, 5.74) is 0.338. The minimum absolute atomic E-state index is 0.0604. The second kappa shape index (κ2) is 10.00. The van der Waals surface area contributed by atoms with Crippen LogP contribution in [0.25, 0.3) is 0 Å². The van der Waals surface area contributed by atoms with Gasteiger partial charge in [0, 0.05) is 50.2 Å². The van der Waals surface area contributed by atoms with Gasteiger partial charge in [0.15, 0.2) is 5.13 Å². The molecule has 2 saturated heterocycles. The molecule has 1 aromatic heterocycles. The number of alkyl halides is 3. The largest absolute Gasteiger partial charge is 0.416 e. The molecular formula is C22H24F3N5O3S. The number of nitrogens with zero attached hydrogens (tertiary/aromatic N) is 3. The molecule has 8 nitrogen and oxygen atoms in total. The molecule has 3 heterocycles. The number of anilines is 2. The third kappa shape index (κ3) is 5.85. The highest BCUT2D eigenvalue weighted by Gasteiger charge is 2.31. The Labute approximate surface area is 198 Å². The number of halogens is 3. The molecule has 3 amide bonds. The summed E-state index contributed by atoms with van der Waals surface area (Å²) in [4.78, 5) is 44.1. The van der Waals surface area contributed by atoms with E-state index in [-0.39, 0.29) is 30.1 Å². The minimum atomic E-state index is -4.40. The van der Waals surface area contributed by atoms with Crippen LogP contribution in [0.1, 0.15) is 24.1 Å². The molecular weight excluding hydrogens is 471 g/mol. The summed E-state index contributed by atoms with van der Waals surface area (Å²) in [5, 5.41) is 7.53. The first-order valence-electron chi connectivity index (χ1n) is 10.9. The molecule has 12 heteroatoms. The fourth-order valence-corrected chi connectivity index (χ4v) is 4.68. The van der Waals surface area contributed by atoms with Crippen molar-refractivity contribution in [1.82, 2.24) is 15.2 Å². The van der Waals surface area contributed by atoms with Crippen LogP contribution < -0.4 is 15.5 Å². The summed E-state index contributed by atoms with van der Waals surface area (Å²) in [6.45, 7) is 1.97. The highest BCUT2D eigenvalue weighted by molar-refractivity contribution is 7.13. The van der Waals surface area contributed by atoms with Gasteiger partial charge in [-0.2, -0.15) is 13.2 Å². The van der Waals surface area contributed by atoms with Crippen LogP contribution >= 0.6 is 11.3 Å². The normalized spacial score (nSPS) is 19.0. The lowest BCUT2D eigenvalue weighted by atomic mass is 9.98. The zero-order chi connectivity index (χ0) is 24.3. The molecule has 2 N–H and O–H groups in total. The van der Waals surface area contributed by atoms with Gasteiger partial charge in [0.25, 0.3) is 0 Å². The van der Waals surface area contributed by atoms with Gasteiger partial charge in [0.1, 0.15) is 0 Å². The third-order valence-corrected chi connectivity index (χ3v) is 6.73. The van der Waals surface area contributed by atoms with Crippen LogP contribution in [0.3, 0.4) is 0 Å². The molecule has 1 unspecified atom stereocenters. The zero-order valence-electron chi connectivity index (χ0n) is 18.2. The summed E-state index contributed by atoms with van der Waals surface area (Å²) in [7, 11) is 0. The van der Waals surface area contributed by atoms with Crippen molar-refractivity contribution in [2.75, 3.05) is 42.9 Å². The van der Waals surface area contributed by atoms with Crippen molar-refractivity contribution in [3.8, 4) is 0 Å². The van der Waals surface area contributed by atoms with Crippen LogP contribution in [0.5, 0.6) is 0 Å². The van der Waals surface area contributed by atoms with Crippen LogP contribution in [-0.2, 0) is 27.0 Å². The Bertz CT molecular complexity index is 1060. The van der Waals surface area contributed by atoms with Gasteiger partial charge >= 0.3 is 6.18 Å². The number of carbonyl (C=O) groups is 3. The number of amides is 3. The maximum Gasteiger partial charge on any atom is 0.416 e. The lowest BCUT2D eigenvalue weighted by Gasteiger charge is -2.36. The van der Waals surface area contributed by atoms with Crippen molar-refractivity contribution < 1.29 is 27.6 Å². The zero-order valence-corrected chi connectivity index (χ0v) is 19.0. The number of nitrogens with one attached hydrogen (secondary N) is 2. The van der Waals surface area contributed by atoms with E-state index in [0.29, 0.717) is 62.1 Å². The summed E-state index contributed by atoms with van der Waals surface area (Å²) >= 11 is 1.23. The summed E-state index contributed by atoms with van der Waals surface area (Å²) in [5.74, 6) is -0.700. The van der Waals surface area contributed by atoms with E-state index in [1.165, 1.54) is 17.4 Å². The molecule has 4 rings (SSSR count). The number of piperidine rings is 1. The van der Waals surface area contributed by atoms with E-state index in [1.54, 1.807) is 16.3 Å². The van der Waals surface area contributed by atoms with Crippen molar-refractivity contribution in [1.29, 1.82) is 0 Å². The minimum Gasteiger partial charge on any atom is -0.368 e. The van der Waals surface area contributed by atoms with E-state index in [4.69, 9.17) is 0 Å². The van der Waals surface area contributed by atoms with E-state index in [9.17, 15) is 27.6 Å². The topological polar surface area (TPSA) is 94.6 Å². The molecule has 2 aromatic rings. The number of aromatic nitrogens is 1. The van der Waals surface area contributed by atoms with Crippen molar-refractivity contribution in [3.63, 3.8) is 0 Å². The Morgan fingerprint density at radius 3 is 2.65 bits per heavy atom. The number of hydrogen-bond donors (Lipinski definition) is 2. The third-order valence-electron chi connectivity index (χ3n) is 5.92. The maximum absolute atomic E-state index is 13.0. The van der Waals surface area contributed by atoms with Crippen LogP contribution in [-0.4, -0.2) is 60.3 Å². The Hall–Kier alpha value is -3.15. The molecule has 0 saturated carbocycles. The van der Waals surface area contributed by atoms with E-state index in [1.807, 2.05) is 4.90 Å². The molecule has 1 atom stereocenters. The predicted molar refractivity (Wildman–Crippen MR) is 120 cm³/mol. The van der Waals surface area contributed by atoms with Gasteiger partial charge in [-0.05, 0) is 24.6 Å². The molecule has 0 spiro atoms. The Morgan fingerprint density at radius 2 is 1.97 bits per heavy atom. The van der Waals surface area contributed by atoms with Gasteiger partial charge < -0.3 is 20.4 Å². The van der Waals surface area contributed by atoms with Crippen molar-refractivity contribution in [2.24, 2.45) is 5.92 Å².